The molecular formula is C20H22N8O2. The van der Waals surface area contributed by atoms with Crippen LogP contribution in [0.2, 0.25) is 0 Å². The van der Waals surface area contributed by atoms with Crippen LogP contribution in [-0.2, 0) is 22.6 Å². The van der Waals surface area contributed by atoms with Gasteiger partial charge in [-0.25, -0.2) is 9.67 Å². The van der Waals surface area contributed by atoms with Gasteiger partial charge in [0.15, 0.2) is 5.82 Å². The number of fused-ring (bicyclic) bond motifs is 1. The van der Waals surface area contributed by atoms with Gasteiger partial charge < -0.3 is 14.6 Å². The van der Waals surface area contributed by atoms with Crippen molar-refractivity contribution in [2.45, 2.75) is 25.6 Å². The first-order valence-electron chi connectivity index (χ1n) is 9.62. The molecule has 0 amide bonds. The predicted octanol–water partition coefficient (Wildman–Crippen LogP) is 1.36. The number of hydrogen-bond donors (Lipinski definition) is 1. The quantitative estimate of drug-likeness (QED) is 0.327. The molecule has 0 spiro atoms. The van der Waals surface area contributed by atoms with Gasteiger partial charge in [0, 0.05) is 24.3 Å². The molecule has 0 aliphatic rings. The molecule has 0 saturated carbocycles. The van der Waals surface area contributed by atoms with Gasteiger partial charge in [0.05, 0.1) is 24.6 Å². The summed E-state index contributed by atoms with van der Waals surface area (Å²) in [5.74, 6) is 0.0830. The minimum absolute atomic E-state index is 0.0698. The van der Waals surface area contributed by atoms with Crippen LogP contribution >= 0.6 is 0 Å². The van der Waals surface area contributed by atoms with E-state index in [2.05, 4.69) is 25.8 Å². The van der Waals surface area contributed by atoms with Gasteiger partial charge in [-0.2, -0.15) is 0 Å². The summed E-state index contributed by atoms with van der Waals surface area (Å²) >= 11 is 0. The molecule has 30 heavy (non-hydrogen) atoms. The maximum absolute atomic E-state index is 11.8. The minimum atomic E-state index is -0.422. The van der Waals surface area contributed by atoms with E-state index >= 15 is 0 Å². The van der Waals surface area contributed by atoms with Crippen LogP contribution in [0.1, 0.15) is 24.0 Å². The van der Waals surface area contributed by atoms with Crippen LogP contribution in [0, 0.1) is 0 Å². The van der Waals surface area contributed by atoms with Gasteiger partial charge in [-0.3, -0.25) is 9.78 Å². The van der Waals surface area contributed by atoms with Crippen molar-refractivity contribution in [3.63, 3.8) is 0 Å². The zero-order chi connectivity index (χ0) is 20.8. The van der Waals surface area contributed by atoms with Crippen molar-refractivity contribution in [2.24, 2.45) is 0 Å². The smallest absolute Gasteiger partial charge is 0.327 e. The molecular weight excluding hydrogens is 384 g/mol. The number of tetrazole rings is 1. The lowest BCUT2D eigenvalue weighted by Crippen LogP contribution is -2.29. The first-order valence-corrected chi connectivity index (χ1v) is 9.62. The van der Waals surface area contributed by atoms with Crippen molar-refractivity contribution in [1.29, 1.82) is 0 Å². The number of ether oxygens (including phenoxy) is 1. The van der Waals surface area contributed by atoms with Crippen molar-refractivity contribution >= 4 is 16.9 Å². The molecule has 0 fully saturated rings. The van der Waals surface area contributed by atoms with Crippen molar-refractivity contribution < 1.29 is 9.53 Å². The van der Waals surface area contributed by atoms with Gasteiger partial charge in [0.1, 0.15) is 12.6 Å². The maximum Gasteiger partial charge on any atom is 0.327 e. The third-order valence-corrected chi connectivity index (χ3v) is 4.74. The van der Waals surface area contributed by atoms with Gasteiger partial charge in [0.2, 0.25) is 0 Å². The lowest BCUT2D eigenvalue weighted by atomic mass is 10.1. The molecule has 1 atom stereocenters. The molecule has 0 aliphatic heterocycles. The van der Waals surface area contributed by atoms with E-state index in [0.29, 0.717) is 12.4 Å². The highest BCUT2D eigenvalue weighted by atomic mass is 16.5. The summed E-state index contributed by atoms with van der Waals surface area (Å²) in [4.78, 5) is 20.6. The van der Waals surface area contributed by atoms with E-state index in [1.807, 2.05) is 47.2 Å². The second kappa shape index (κ2) is 9.23. The van der Waals surface area contributed by atoms with Gasteiger partial charge in [-0.05, 0) is 35.5 Å². The molecule has 1 N–H and O–H groups in total. The van der Waals surface area contributed by atoms with E-state index in [9.17, 15) is 4.79 Å². The van der Waals surface area contributed by atoms with Gasteiger partial charge in [-0.1, -0.05) is 24.3 Å². The second-order valence-electron chi connectivity index (χ2n) is 6.74. The first-order chi connectivity index (χ1) is 14.7. The SMILES string of the molecule is COC(=O)Cn1nnnc1C(NCCCn1ccnc1)c1ccc2ccccc2n1. The number of aromatic nitrogens is 7. The molecule has 3 heterocycles. The molecule has 0 bridgehead atoms. The van der Waals surface area contributed by atoms with Gasteiger partial charge in [-0.15, -0.1) is 5.10 Å². The Bertz CT molecular complexity index is 1110. The maximum atomic E-state index is 11.8. The zero-order valence-corrected chi connectivity index (χ0v) is 16.5. The third kappa shape index (κ3) is 4.49. The zero-order valence-electron chi connectivity index (χ0n) is 16.5. The summed E-state index contributed by atoms with van der Waals surface area (Å²) in [6.07, 6.45) is 6.35. The Kier molecular flexibility index (Phi) is 6.04. The highest BCUT2D eigenvalue weighted by Crippen LogP contribution is 2.21. The van der Waals surface area contributed by atoms with Crippen LogP contribution in [0.5, 0.6) is 0 Å². The van der Waals surface area contributed by atoms with Gasteiger partial charge in [0.25, 0.3) is 0 Å². The third-order valence-electron chi connectivity index (χ3n) is 4.74. The number of esters is 1. The fraction of sp³-hybridized carbons (Fsp3) is 0.300. The summed E-state index contributed by atoms with van der Waals surface area (Å²) in [7, 11) is 1.34. The number of benzene rings is 1. The molecule has 10 nitrogen and oxygen atoms in total. The number of para-hydroxylation sites is 1. The molecule has 10 heteroatoms. The number of aryl methyl sites for hydroxylation is 1. The standard InChI is InChI=1S/C20H22N8O2/c1-30-18(29)13-28-20(24-25-26-28)19(22-9-4-11-27-12-10-21-14-27)17-8-7-15-5-2-3-6-16(15)23-17/h2-3,5-8,10,12,14,19,22H,4,9,11,13H2,1H3. The van der Waals surface area contributed by atoms with Crippen molar-refractivity contribution in [1.82, 2.24) is 40.1 Å². The minimum Gasteiger partial charge on any atom is -0.468 e. The number of pyridine rings is 1. The Balaban J connectivity index is 1.58. The van der Waals surface area contributed by atoms with E-state index in [-0.39, 0.29) is 12.6 Å². The number of imidazole rings is 1. The van der Waals surface area contributed by atoms with Crippen LogP contribution in [0.4, 0.5) is 0 Å². The fourth-order valence-electron chi connectivity index (χ4n) is 3.22. The first kappa shape index (κ1) is 19.6. The van der Waals surface area contributed by atoms with Crippen LogP contribution in [0.15, 0.2) is 55.1 Å². The number of hydrogen-bond acceptors (Lipinski definition) is 8. The normalized spacial score (nSPS) is 12.2. The monoisotopic (exact) mass is 406 g/mol. The van der Waals surface area contributed by atoms with Crippen LogP contribution < -0.4 is 5.32 Å². The highest BCUT2D eigenvalue weighted by molar-refractivity contribution is 5.78. The number of nitrogens with one attached hydrogen (secondary N) is 1. The summed E-state index contributed by atoms with van der Waals surface area (Å²) in [5.41, 5.74) is 1.66. The van der Waals surface area contributed by atoms with Crippen LogP contribution in [-0.4, -0.2) is 54.4 Å². The Morgan fingerprint density at radius 2 is 2.13 bits per heavy atom. The largest absolute Gasteiger partial charge is 0.468 e. The highest BCUT2D eigenvalue weighted by Gasteiger charge is 2.23. The van der Waals surface area contributed by atoms with Crippen LogP contribution in [0.3, 0.4) is 0 Å². The molecule has 0 aliphatic carbocycles. The molecule has 0 saturated heterocycles. The number of carbonyl (C=O) groups excluding carboxylic acids is 1. The Hall–Kier alpha value is -3.66. The molecule has 1 unspecified atom stereocenters. The summed E-state index contributed by atoms with van der Waals surface area (Å²) in [6.45, 7) is 1.46. The lowest BCUT2D eigenvalue weighted by molar-refractivity contribution is -0.141. The van der Waals surface area contributed by atoms with Gasteiger partial charge >= 0.3 is 5.97 Å². The van der Waals surface area contributed by atoms with Crippen molar-refractivity contribution in [3.05, 3.63) is 66.6 Å². The van der Waals surface area contributed by atoms with E-state index in [4.69, 9.17) is 9.72 Å². The van der Waals surface area contributed by atoms with E-state index < -0.39 is 5.97 Å². The molecule has 154 valence electrons. The summed E-state index contributed by atoms with van der Waals surface area (Å²) in [5, 5.41) is 16.4. The average molecular weight is 406 g/mol. The average Bonchev–Trinajstić information content (AvgIpc) is 3.46. The van der Waals surface area contributed by atoms with E-state index in [0.717, 1.165) is 29.6 Å². The molecule has 1 aromatic carbocycles. The summed E-state index contributed by atoms with van der Waals surface area (Å²) < 4.78 is 8.22. The Labute approximate surface area is 172 Å². The fourth-order valence-corrected chi connectivity index (χ4v) is 3.22. The van der Waals surface area contributed by atoms with E-state index in [1.165, 1.54) is 11.8 Å². The van der Waals surface area contributed by atoms with Crippen molar-refractivity contribution in [3.8, 4) is 0 Å². The van der Waals surface area contributed by atoms with E-state index in [1.54, 1.807) is 12.5 Å². The van der Waals surface area contributed by atoms with Crippen molar-refractivity contribution in [2.75, 3.05) is 13.7 Å². The number of carbonyl (C=O) groups is 1. The topological polar surface area (TPSA) is 113 Å². The number of methoxy groups -OCH3 is 1. The van der Waals surface area contributed by atoms with Crippen LogP contribution in [0.25, 0.3) is 10.9 Å². The summed E-state index contributed by atoms with van der Waals surface area (Å²) in [6, 6.07) is 11.5. The Morgan fingerprint density at radius 1 is 1.23 bits per heavy atom. The number of nitrogens with zero attached hydrogens (tertiary/aromatic N) is 7. The molecule has 0 radical (unpaired) electrons. The predicted molar refractivity (Wildman–Crippen MR) is 108 cm³/mol. The molecule has 4 rings (SSSR count). The second-order valence-corrected chi connectivity index (χ2v) is 6.74. The Morgan fingerprint density at radius 3 is 2.97 bits per heavy atom. The number of rotatable bonds is 9. The lowest BCUT2D eigenvalue weighted by Gasteiger charge is -2.18. The molecule has 4 aromatic rings. The molecule has 3 aromatic heterocycles.